The average molecular weight is 484 g/mol. The molecule has 0 amide bonds. The van der Waals surface area contributed by atoms with Gasteiger partial charge in [-0.15, -0.1) is 0 Å². The molecule has 1 aliphatic heterocycles. The van der Waals surface area contributed by atoms with E-state index in [9.17, 15) is 0 Å². The Morgan fingerprint density at radius 3 is 2.30 bits per heavy atom. The van der Waals surface area contributed by atoms with Crippen LogP contribution in [0, 0.1) is 22.7 Å². The number of rotatable bonds is 4. The zero-order valence-corrected chi connectivity index (χ0v) is 19.6. The third-order valence-electron chi connectivity index (χ3n) is 8.06. The van der Waals surface area contributed by atoms with Gasteiger partial charge in [-0.3, -0.25) is 0 Å². The van der Waals surface area contributed by atoms with E-state index in [-0.39, 0.29) is 17.6 Å². The predicted octanol–water partition coefficient (Wildman–Crippen LogP) is 5.56. The number of alkyl halides is 1. The van der Waals surface area contributed by atoms with E-state index in [1.807, 2.05) is 7.11 Å². The zero-order chi connectivity index (χ0) is 19.7. The fourth-order valence-electron chi connectivity index (χ4n) is 6.41. The largest absolute Gasteiger partial charge is 0.370 e. The highest BCUT2D eigenvalue weighted by atomic mass is 127. The van der Waals surface area contributed by atoms with E-state index in [4.69, 9.17) is 14.2 Å². The van der Waals surface area contributed by atoms with Crippen molar-refractivity contribution in [2.24, 2.45) is 22.7 Å². The summed E-state index contributed by atoms with van der Waals surface area (Å²) in [6.45, 7) is 11.4. The zero-order valence-electron chi connectivity index (χ0n) is 17.4. The summed E-state index contributed by atoms with van der Waals surface area (Å²) in [5.74, 6) is 0.729. The van der Waals surface area contributed by atoms with Crippen LogP contribution in [0.3, 0.4) is 0 Å². The summed E-state index contributed by atoms with van der Waals surface area (Å²) in [5, 5.41) is 0. The Morgan fingerprint density at radius 1 is 1.07 bits per heavy atom. The fourth-order valence-corrected chi connectivity index (χ4v) is 7.56. The van der Waals surface area contributed by atoms with Crippen LogP contribution in [0.1, 0.15) is 53.0 Å². The second-order valence-corrected chi connectivity index (χ2v) is 10.8. The first-order valence-corrected chi connectivity index (χ1v) is 11.7. The molecular formula is C23H33IO3. The Morgan fingerprint density at radius 2 is 1.74 bits per heavy atom. The van der Waals surface area contributed by atoms with Gasteiger partial charge in [0.25, 0.3) is 0 Å². The topological polar surface area (TPSA) is 27.7 Å². The van der Waals surface area contributed by atoms with Crippen LogP contribution in [0.15, 0.2) is 30.3 Å². The van der Waals surface area contributed by atoms with Gasteiger partial charge in [0.15, 0.2) is 5.79 Å². The number of halogens is 1. The van der Waals surface area contributed by atoms with Gasteiger partial charge in [0.05, 0.1) is 6.10 Å². The molecule has 4 aliphatic rings. The van der Waals surface area contributed by atoms with Crippen molar-refractivity contribution in [3.63, 3.8) is 0 Å². The highest BCUT2D eigenvalue weighted by Crippen LogP contribution is 2.71. The Hall–Kier alpha value is -0.170. The minimum absolute atomic E-state index is 0.0615. The van der Waals surface area contributed by atoms with Gasteiger partial charge < -0.3 is 14.2 Å². The summed E-state index contributed by atoms with van der Waals surface area (Å²) in [7, 11) is 1.84. The normalized spacial score (nSPS) is 41.1. The molecule has 0 spiro atoms. The molecule has 5 rings (SSSR count). The van der Waals surface area contributed by atoms with Crippen LogP contribution in [0.25, 0.3) is 0 Å². The van der Waals surface area contributed by atoms with Crippen LogP contribution in [-0.4, -0.2) is 29.5 Å². The van der Waals surface area contributed by atoms with E-state index in [0.29, 0.717) is 11.3 Å². The van der Waals surface area contributed by atoms with Crippen LogP contribution in [0.2, 0.25) is 0 Å². The Kier molecular flexibility index (Phi) is 4.78. The molecule has 0 radical (unpaired) electrons. The molecule has 3 saturated carbocycles. The van der Waals surface area contributed by atoms with Crippen molar-refractivity contribution in [3.8, 4) is 0 Å². The molecule has 1 saturated heterocycles. The molecule has 3 aliphatic carbocycles. The number of hydrogen-bond acceptors (Lipinski definition) is 3. The average Bonchev–Trinajstić information content (AvgIpc) is 2.63. The van der Waals surface area contributed by atoms with Gasteiger partial charge in [0.1, 0.15) is 11.7 Å². The van der Waals surface area contributed by atoms with Gasteiger partial charge in [-0.1, -0.05) is 73.7 Å². The Balaban J connectivity index is 1.87. The minimum Gasteiger partial charge on any atom is -0.370 e. The van der Waals surface area contributed by atoms with Crippen LogP contribution < -0.4 is 0 Å². The number of hydrogen-bond donors (Lipinski definition) is 0. The summed E-state index contributed by atoms with van der Waals surface area (Å²) in [4.78, 5) is 0. The van der Waals surface area contributed by atoms with Gasteiger partial charge in [0.2, 0.25) is 0 Å². The lowest BCUT2D eigenvalue weighted by Gasteiger charge is -2.72. The van der Waals surface area contributed by atoms with Crippen molar-refractivity contribution in [1.82, 2.24) is 0 Å². The highest BCUT2D eigenvalue weighted by Gasteiger charge is 2.71. The molecule has 0 unspecified atom stereocenters. The lowest BCUT2D eigenvalue weighted by atomic mass is 9.38. The maximum Gasteiger partial charge on any atom is 0.163 e. The maximum atomic E-state index is 6.78. The second kappa shape index (κ2) is 6.41. The molecule has 0 N–H and O–H groups in total. The second-order valence-electron chi connectivity index (χ2n) is 10.0. The standard InChI is InChI=1S/C23H33IO3/c1-20(2)16-12-17(20)22(5)18(13-16)26-21(3,4)27-19(22)23(14-24,25-6)15-10-8-7-9-11-15/h7-11,16-19H,12-14H2,1-6H3/t16-,17-,18+,19-,22-,23-/m0/s1. The van der Waals surface area contributed by atoms with E-state index < -0.39 is 11.4 Å². The van der Waals surface area contributed by atoms with Crippen molar-refractivity contribution in [2.75, 3.05) is 11.5 Å². The first-order valence-electron chi connectivity index (χ1n) is 10.1. The summed E-state index contributed by atoms with van der Waals surface area (Å²) in [5.41, 5.74) is 0.960. The molecule has 2 bridgehead atoms. The van der Waals surface area contributed by atoms with Gasteiger partial charge in [-0.2, -0.15) is 0 Å². The summed E-state index contributed by atoms with van der Waals surface area (Å²) in [6, 6.07) is 10.6. The van der Waals surface area contributed by atoms with E-state index in [2.05, 4.69) is 87.5 Å². The highest BCUT2D eigenvalue weighted by molar-refractivity contribution is 14.1. The fraction of sp³-hybridized carbons (Fsp3) is 0.739. The molecule has 6 atom stereocenters. The van der Waals surface area contributed by atoms with Gasteiger partial charge >= 0.3 is 0 Å². The molecule has 4 heteroatoms. The first-order chi connectivity index (χ1) is 12.6. The summed E-state index contributed by atoms with van der Waals surface area (Å²) >= 11 is 2.47. The molecule has 1 heterocycles. The molecule has 150 valence electrons. The molecule has 0 aromatic heterocycles. The van der Waals surface area contributed by atoms with Crippen molar-refractivity contribution in [3.05, 3.63) is 35.9 Å². The lowest BCUT2D eigenvalue weighted by Crippen LogP contribution is -2.74. The minimum atomic E-state index is -0.604. The van der Waals surface area contributed by atoms with Crippen LogP contribution in [0.5, 0.6) is 0 Å². The Labute approximate surface area is 177 Å². The Bertz CT molecular complexity index is 697. The summed E-state index contributed by atoms with van der Waals surface area (Å²) < 4.78 is 20.5. The summed E-state index contributed by atoms with van der Waals surface area (Å²) in [6.07, 6.45) is 2.55. The smallest absolute Gasteiger partial charge is 0.163 e. The van der Waals surface area contributed by atoms with E-state index in [1.165, 1.54) is 12.0 Å². The molecule has 27 heavy (non-hydrogen) atoms. The van der Waals surface area contributed by atoms with E-state index in [0.717, 1.165) is 16.8 Å². The van der Waals surface area contributed by atoms with E-state index >= 15 is 0 Å². The lowest BCUT2D eigenvalue weighted by molar-refractivity contribution is -0.414. The third kappa shape index (κ3) is 2.69. The third-order valence-corrected chi connectivity index (χ3v) is 9.19. The van der Waals surface area contributed by atoms with Crippen LogP contribution in [0.4, 0.5) is 0 Å². The van der Waals surface area contributed by atoms with Crippen molar-refractivity contribution in [1.29, 1.82) is 0 Å². The molecular weight excluding hydrogens is 451 g/mol. The van der Waals surface area contributed by atoms with Crippen LogP contribution in [-0.2, 0) is 19.8 Å². The monoisotopic (exact) mass is 484 g/mol. The van der Waals surface area contributed by atoms with Crippen molar-refractivity contribution < 1.29 is 14.2 Å². The van der Waals surface area contributed by atoms with Gasteiger partial charge in [-0.05, 0) is 49.5 Å². The van der Waals surface area contributed by atoms with Gasteiger partial charge in [-0.25, -0.2) is 0 Å². The predicted molar refractivity (Wildman–Crippen MR) is 116 cm³/mol. The van der Waals surface area contributed by atoms with Crippen LogP contribution >= 0.6 is 22.6 Å². The molecule has 4 fully saturated rings. The number of benzene rings is 1. The number of methoxy groups -OCH3 is 1. The van der Waals surface area contributed by atoms with Crippen molar-refractivity contribution in [2.45, 2.75) is 71.1 Å². The molecule has 1 aromatic rings. The SMILES string of the molecule is CO[C@@](CI)(c1ccccc1)[C@H]1OC(C)(C)O[C@@H]2C[C@@H]3C[C@@H](C3(C)C)[C@@]21C. The van der Waals surface area contributed by atoms with E-state index in [1.54, 1.807) is 0 Å². The maximum absolute atomic E-state index is 6.78. The molecule has 1 aromatic carbocycles. The number of ether oxygens (including phenoxy) is 3. The first kappa shape index (κ1) is 20.1. The van der Waals surface area contributed by atoms with Gasteiger partial charge in [0, 0.05) is 17.0 Å². The quantitative estimate of drug-likeness (QED) is 0.414. The van der Waals surface area contributed by atoms with Crippen molar-refractivity contribution >= 4 is 22.6 Å². The molecule has 3 nitrogen and oxygen atoms in total.